The smallest absolute Gasteiger partial charge is 0.0843 e. The van der Waals surface area contributed by atoms with Crippen molar-refractivity contribution in [1.82, 2.24) is 4.98 Å². The first-order chi connectivity index (χ1) is 15.3. The minimum absolute atomic E-state index is 0.0767. The van der Waals surface area contributed by atoms with Crippen molar-refractivity contribution in [1.29, 1.82) is 0 Å². The molecule has 0 aliphatic carbocycles. The van der Waals surface area contributed by atoms with Crippen molar-refractivity contribution in [2.75, 3.05) is 0 Å². The van der Waals surface area contributed by atoms with Gasteiger partial charge in [0, 0.05) is 10.4 Å². The van der Waals surface area contributed by atoms with E-state index < -0.39 is 5.60 Å². The number of halogens is 1. The monoisotopic (exact) mass is 440 g/mol. The van der Waals surface area contributed by atoms with Gasteiger partial charge in [-0.15, -0.1) is 0 Å². The van der Waals surface area contributed by atoms with Crippen LogP contribution in [-0.4, -0.2) is 10.1 Å². The Morgan fingerprint density at radius 3 is 2.56 bits per heavy atom. The number of aliphatic hydroxyl groups is 1. The normalized spacial score (nSPS) is 13.0. The fourth-order valence-corrected chi connectivity index (χ4v) is 4.14. The second-order valence-electron chi connectivity index (χ2n) is 8.69. The first-order valence-electron chi connectivity index (χ1n) is 10.8. The summed E-state index contributed by atoms with van der Waals surface area (Å²) in [6.07, 6.45) is 4.85. The van der Waals surface area contributed by atoms with Gasteiger partial charge in [0.05, 0.1) is 16.8 Å². The maximum atomic E-state index is 10.5. The third kappa shape index (κ3) is 5.27. The fraction of sp³-hybridized carbons (Fsp3) is 0.172. The van der Waals surface area contributed by atoms with E-state index >= 15 is 0 Å². The van der Waals surface area contributed by atoms with Crippen molar-refractivity contribution in [2.24, 2.45) is 0 Å². The molecule has 4 rings (SSSR count). The number of benzene rings is 3. The van der Waals surface area contributed by atoms with Crippen LogP contribution in [-0.2, 0) is 12.0 Å². The van der Waals surface area contributed by atoms with Crippen LogP contribution in [0.4, 0.5) is 0 Å². The molecule has 0 saturated carbocycles. The predicted molar refractivity (Wildman–Crippen MR) is 136 cm³/mol. The maximum Gasteiger partial charge on any atom is 0.0843 e. The van der Waals surface area contributed by atoms with Crippen molar-refractivity contribution < 1.29 is 5.11 Å². The minimum atomic E-state index is -0.877. The number of nitrogens with zero attached hydrogens (tertiary/aromatic N) is 1. The predicted octanol–water partition coefficient (Wildman–Crippen LogP) is 7.45. The molecule has 3 heteroatoms. The van der Waals surface area contributed by atoms with Gasteiger partial charge in [-0.1, -0.05) is 78.3 Å². The summed E-state index contributed by atoms with van der Waals surface area (Å²) in [4.78, 5) is 4.69. The average Bonchev–Trinajstić information content (AvgIpc) is 2.77. The molecule has 32 heavy (non-hydrogen) atoms. The van der Waals surface area contributed by atoms with Gasteiger partial charge in [-0.05, 0) is 79.6 Å². The van der Waals surface area contributed by atoms with Crippen molar-refractivity contribution >= 4 is 34.7 Å². The number of aromatic nitrogens is 1. The Kier molecular flexibility index (Phi) is 6.45. The van der Waals surface area contributed by atoms with Crippen LogP contribution in [0.3, 0.4) is 0 Å². The fourth-order valence-electron chi connectivity index (χ4n) is 3.98. The third-order valence-electron chi connectivity index (χ3n) is 5.65. The molecule has 2 nitrogen and oxygen atoms in total. The molecule has 1 atom stereocenters. The molecule has 3 aromatic carbocycles. The quantitative estimate of drug-likeness (QED) is 0.337. The summed E-state index contributed by atoms with van der Waals surface area (Å²) in [5, 5.41) is 12.3. The van der Waals surface area contributed by atoms with E-state index in [4.69, 9.17) is 11.6 Å². The molecule has 0 saturated heterocycles. The SMILES string of the molecule is [CH2][C@H](Cc1ccccc1C(C)(C)O)c1cccc(C=Cc2ccc3ccc(Cl)cc3n2)c1. The van der Waals surface area contributed by atoms with Gasteiger partial charge in [-0.2, -0.15) is 0 Å². The summed E-state index contributed by atoms with van der Waals surface area (Å²) in [7, 11) is 0. The third-order valence-corrected chi connectivity index (χ3v) is 5.88. The highest BCUT2D eigenvalue weighted by molar-refractivity contribution is 6.31. The molecule has 0 aliphatic heterocycles. The number of hydrogen-bond donors (Lipinski definition) is 1. The van der Waals surface area contributed by atoms with Crippen LogP contribution >= 0.6 is 11.6 Å². The highest BCUT2D eigenvalue weighted by Gasteiger charge is 2.20. The summed E-state index contributed by atoms with van der Waals surface area (Å²) < 4.78 is 0. The molecular formula is C29H27ClNO. The van der Waals surface area contributed by atoms with Gasteiger partial charge in [0.2, 0.25) is 0 Å². The molecule has 0 aliphatic rings. The van der Waals surface area contributed by atoms with Crippen molar-refractivity contribution in [3.05, 3.63) is 119 Å². The van der Waals surface area contributed by atoms with E-state index in [0.29, 0.717) is 5.02 Å². The molecule has 0 unspecified atom stereocenters. The second-order valence-corrected chi connectivity index (χ2v) is 9.13. The Labute approximate surface area is 195 Å². The first kappa shape index (κ1) is 22.3. The Balaban J connectivity index is 1.54. The molecule has 0 spiro atoms. The zero-order chi connectivity index (χ0) is 22.7. The van der Waals surface area contributed by atoms with Crippen LogP contribution in [0.25, 0.3) is 23.1 Å². The maximum absolute atomic E-state index is 10.5. The van der Waals surface area contributed by atoms with Gasteiger partial charge in [0.1, 0.15) is 0 Å². The Morgan fingerprint density at radius 1 is 0.969 bits per heavy atom. The highest BCUT2D eigenvalue weighted by Crippen LogP contribution is 2.29. The minimum Gasteiger partial charge on any atom is -0.386 e. The van der Waals surface area contributed by atoms with E-state index in [-0.39, 0.29) is 5.92 Å². The van der Waals surface area contributed by atoms with Crippen LogP contribution in [0.15, 0.2) is 78.9 Å². The van der Waals surface area contributed by atoms with E-state index in [0.717, 1.165) is 45.3 Å². The number of pyridine rings is 1. The van der Waals surface area contributed by atoms with Gasteiger partial charge in [0.15, 0.2) is 0 Å². The summed E-state index contributed by atoms with van der Waals surface area (Å²) >= 11 is 6.11. The van der Waals surface area contributed by atoms with E-state index in [1.807, 2.05) is 62.4 Å². The van der Waals surface area contributed by atoms with E-state index in [2.05, 4.69) is 54.4 Å². The lowest BCUT2D eigenvalue weighted by atomic mass is 9.86. The van der Waals surface area contributed by atoms with E-state index in [1.165, 1.54) is 0 Å². The largest absolute Gasteiger partial charge is 0.386 e. The Bertz CT molecular complexity index is 1270. The summed E-state index contributed by atoms with van der Waals surface area (Å²) in [5.41, 5.74) is 5.23. The van der Waals surface area contributed by atoms with Crippen LogP contribution in [0, 0.1) is 6.92 Å². The molecule has 161 valence electrons. The van der Waals surface area contributed by atoms with Crippen LogP contribution in [0.5, 0.6) is 0 Å². The second kappa shape index (κ2) is 9.28. The first-order valence-corrected chi connectivity index (χ1v) is 11.2. The van der Waals surface area contributed by atoms with Crippen LogP contribution in [0.2, 0.25) is 5.02 Å². The lowest BCUT2D eigenvalue weighted by Gasteiger charge is -2.23. The standard InChI is InChI=1S/C29H27ClNO/c1-20(17-24-8-4-5-10-27(24)29(2,3)32)23-9-6-7-21(18-23)11-15-26-16-13-22-12-14-25(30)19-28(22)31-26/h4-16,18-20,32H,1,17H2,2-3H3/t20-/m1/s1. The molecule has 0 bridgehead atoms. The number of hydrogen-bond acceptors (Lipinski definition) is 2. The molecule has 4 aromatic rings. The molecular weight excluding hydrogens is 414 g/mol. The molecule has 0 amide bonds. The van der Waals surface area contributed by atoms with E-state index in [1.54, 1.807) is 0 Å². The van der Waals surface area contributed by atoms with Crippen molar-refractivity contribution in [2.45, 2.75) is 31.8 Å². The zero-order valence-corrected chi connectivity index (χ0v) is 19.2. The van der Waals surface area contributed by atoms with Gasteiger partial charge in [-0.25, -0.2) is 4.98 Å². The summed E-state index contributed by atoms with van der Waals surface area (Å²) in [5.74, 6) is 0.0767. The van der Waals surface area contributed by atoms with Crippen molar-refractivity contribution in [3.8, 4) is 0 Å². The van der Waals surface area contributed by atoms with Crippen LogP contribution in [0.1, 0.15) is 47.7 Å². The van der Waals surface area contributed by atoms with Crippen molar-refractivity contribution in [3.63, 3.8) is 0 Å². The lowest BCUT2D eigenvalue weighted by molar-refractivity contribution is 0.0776. The lowest BCUT2D eigenvalue weighted by Crippen LogP contribution is -2.18. The molecule has 1 radical (unpaired) electrons. The molecule has 1 aromatic heterocycles. The van der Waals surface area contributed by atoms with Gasteiger partial charge < -0.3 is 5.11 Å². The van der Waals surface area contributed by atoms with E-state index in [9.17, 15) is 5.11 Å². The number of fused-ring (bicyclic) bond motifs is 1. The number of rotatable bonds is 6. The molecule has 0 fully saturated rings. The molecule has 1 heterocycles. The van der Waals surface area contributed by atoms with Gasteiger partial charge in [0.25, 0.3) is 0 Å². The average molecular weight is 441 g/mol. The summed E-state index contributed by atoms with van der Waals surface area (Å²) in [6.45, 7) is 8.05. The highest BCUT2D eigenvalue weighted by atomic mass is 35.5. The summed E-state index contributed by atoms with van der Waals surface area (Å²) in [6, 6.07) is 26.3. The molecule has 1 N–H and O–H groups in total. The van der Waals surface area contributed by atoms with Gasteiger partial charge in [-0.3, -0.25) is 0 Å². The Hall–Kier alpha value is -2.94. The van der Waals surface area contributed by atoms with Gasteiger partial charge >= 0.3 is 0 Å². The van der Waals surface area contributed by atoms with Crippen LogP contribution < -0.4 is 0 Å². The Morgan fingerprint density at radius 2 is 1.75 bits per heavy atom. The zero-order valence-electron chi connectivity index (χ0n) is 18.4. The topological polar surface area (TPSA) is 33.1 Å².